The molecule has 0 bridgehead atoms. The second-order valence-electron chi connectivity index (χ2n) is 6.83. The first-order valence-corrected chi connectivity index (χ1v) is 10.4. The molecule has 6 heteroatoms. The highest BCUT2D eigenvalue weighted by Gasteiger charge is 2.31. The van der Waals surface area contributed by atoms with E-state index in [4.69, 9.17) is 0 Å². The SMILES string of the molecule is O=C(C[C@H]1SC(=NCCc2ccccc2)NC1=O)Nc1ccc2ccccc2c1. The number of hydrogen-bond donors (Lipinski definition) is 2. The summed E-state index contributed by atoms with van der Waals surface area (Å²) in [5.74, 6) is -0.347. The van der Waals surface area contributed by atoms with Gasteiger partial charge < -0.3 is 10.6 Å². The molecule has 0 spiro atoms. The second kappa shape index (κ2) is 8.92. The fourth-order valence-electron chi connectivity index (χ4n) is 3.19. The first-order chi connectivity index (χ1) is 14.2. The minimum Gasteiger partial charge on any atom is -0.326 e. The van der Waals surface area contributed by atoms with Gasteiger partial charge in [-0.3, -0.25) is 14.6 Å². The smallest absolute Gasteiger partial charge is 0.240 e. The second-order valence-corrected chi connectivity index (χ2v) is 8.02. The van der Waals surface area contributed by atoms with Crippen LogP contribution in [0, 0.1) is 0 Å². The van der Waals surface area contributed by atoms with Crippen LogP contribution in [-0.4, -0.2) is 28.8 Å². The number of nitrogens with one attached hydrogen (secondary N) is 2. The van der Waals surface area contributed by atoms with Gasteiger partial charge in [-0.2, -0.15) is 0 Å². The number of rotatable bonds is 6. The summed E-state index contributed by atoms with van der Waals surface area (Å²) in [4.78, 5) is 29.1. The molecule has 0 unspecified atom stereocenters. The lowest BCUT2D eigenvalue weighted by Gasteiger charge is -2.08. The van der Waals surface area contributed by atoms with Crippen molar-refractivity contribution in [1.82, 2.24) is 5.32 Å². The van der Waals surface area contributed by atoms with E-state index >= 15 is 0 Å². The van der Waals surface area contributed by atoms with Gasteiger partial charge >= 0.3 is 0 Å². The van der Waals surface area contributed by atoms with Gasteiger partial charge in [0, 0.05) is 18.7 Å². The number of amides is 2. The predicted octanol–water partition coefficient (Wildman–Crippen LogP) is 4.00. The number of benzene rings is 3. The average molecular weight is 404 g/mol. The Morgan fingerprint density at radius 2 is 1.76 bits per heavy atom. The number of aliphatic imine (C=N–C) groups is 1. The molecule has 3 aromatic carbocycles. The lowest BCUT2D eigenvalue weighted by Crippen LogP contribution is -2.28. The highest BCUT2D eigenvalue weighted by molar-refractivity contribution is 8.15. The summed E-state index contributed by atoms with van der Waals surface area (Å²) in [7, 11) is 0. The molecule has 1 aliphatic rings. The molecule has 1 atom stereocenters. The Bertz CT molecular complexity index is 1070. The van der Waals surface area contributed by atoms with Crippen molar-refractivity contribution in [3.8, 4) is 0 Å². The van der Waals surface area contributed by atoms with Gasteiger partial charge in [-0.05, 0) is 34.9 Å². The third kappa shape index (κ3) is 5.03. The molecule has 2 N–H and O–H groups in total. The Morgan fingerprint density at radius 1 is 1.00 bits per heavy atom. The van der Waals surface area contributed by atoms with Gasteiger partial charge in [0.2, 0.25) is 11.8 Å². The number of hydrogen-bond acceptors (Lipinski definition) is 4. The number of fused-ring (bicyclic) bond motifs is 1. The van der Waals surface area contributed by atoms with E-state index in [1.807, 2.05) is 60.7 Å². The van der Waals surface area contributed by atoms with Crippen molar-refractivity contribution in [2.45, 2.75) is 18.1 Å². The number of anilines is 1. The van der Waals surface area contributed by atoms with Crippen LogP contribution in [0.1, 0.15) is 12.0 Å². The fourth-order valence-corrected chi connectivity index (χ4v) is 4.19. The third-order valence-corrected chi connectivity index (χ3v) is 5.80. The maximum absolute atomic E-state index is 12.4. The topological polar surface area (TPSA) is 70.6 Å². The van der Waals surface area contributed by atoms with Crippen LogP contribution in [0.25, 0.3) is 10.8 Å². The lowest BCUT2D eigenvalue weighted by molar-refractivity contribution is -0.122. The van der Waals surface area contributed by atoms with E-state index in [1.165, 1.54) is 17.3 Å². The summed E-state index contributed by atoms with van der Waals surface area (Å²) in [5, 5.41) is 7.99. The molecule has 3 aromatic rings. The van der Waals surface area contributed by atoms with Gasteiger partial charge in [-0.25, -0.2) is 0 Å². The van der Waals surface area contributed by atoms with E-state index < -0.39 is 5.25 Å². The third-order valence-electron chi connectivity index (χ3n) is 4.68. The van der Waals surface area contributed by atoms with Crippen LogP contribution in [0.15, 0.2) is 77.8 Å². The van der Waals surface area contributed by atoms with Crippen molar-refractivity contribution in [3.63, 3.8) is 0 Å². The molecule has 1 fully saturated rings. The molecule has 146 valence electrons. The van der Waals surface area contributed by atoms with E-state index in [9.17, 15) is 9.59 Å². The highest BCUT2D eigenvalue weighted by Crippen LogP contribution is 2.24. The maximum atomic E-state index is 12.4. The molecule has 5 nitrogen and oxygen atoms in total. The van der Waals surface area contributed by atoms with Crippen LogP contribution < -0.4 is 10.6 Å². The number of amidine groups is 1. The Morgan fingerprint density at radius 3 is 2.59 bits per heavy atom. The van der Waals surface area contributed by atoms with Crippen molar-refractivity contribution in [3.05, 3.63) is 78.4 Å². The average Bonchev–Trinajstić information content (AvgIpc) is 3.07. The summed E-state index contributed by atoms with van der Waals surface area (Å²) in [6.45, 7) is 0.600. The van der Waals surface area contributed by atoms with Crippen molar-refractivity contribution in [2.75, 3.05) is 11.9 Å². The van der Waals surface area contributed by atoms with Gasteiger partial charge in [0.15, 0.2) is 5.17 Å². The van der Waals surface area contributed by atoms with Gasteiger partial charge in [-0.1, -0.05) is 72.4 Å². The quantitative estimate of drug-likeness (QED) is 0.654. The van der Waals surface area contributed by atoms with Gasteiger partial charge in [0.05, 0.1) is 0 Å². The molecule has 1 saturated heterocycles. The summed E-state index contributed by atoms with van der Waals surface area (Å²) >= 11 is 1.32. The minimum absolute atomic E-state index is 0.112. The number of carbonyl (C=O) groups is 2. The van der Waals surface area contributed by atoms with Crippen LogP contribution in [-0.2, 0) is 16.0 Å². The number of thioether (sulfide) groups is 1. The van der Waals surface area contributed by atoms with E-state index in [1.54, 1.807) is 0 Å². The van der Waals surface area contributed by atoms with Gasteiger partial charge in [-0.15, -0.1) is 0 Å². The van der Waals surface area contributed by atoms with Crippen LogP contribution in [0.2, 0.25) is 0 Å². The monoisotopic (exact) mass is 403 g/mol. The van der Waals surface area contributed by atoms with Crippen molar-refractivity contribution in [2.24, 2.45) is 4.99 Å². The molecule has 0 aliphatic carbocycles. The van der Waals surface area contributed by atoms with E-state index in [-0.39, 0.29) is 18.2 Å². The Kier molecular flexibility index (Phi) is 5.91. The van der Waals surface area contributed by atoms with Crippen molar-refractivity contribution >= 4 is 45.2 Å². The van der Waals surface area contributed by atoms with Crippen LogP contribution in [0.5, 0.6) is 0 Å². The Balaban J connectivity index is 1.31. The van der Waals surface area contributed by atoms with Gasteiger partial charge in [0.1, 0.15) is 5.25 Å². The summed E-state index contributed by atoms with van der Waals surface area (Å²) < 4.78 is 0. The zero-order chi connectivity index (χ0) is 20.1. The Labute approximate surface area is 173 Å². The molecule has 0 saturated carbocycles. The summed E-state index contributed by atoms with van der Waals surface area (Å²) in [5.41, 5.74) is 1.94. The van der Waals surface area contributed by atoms with E-state index in [0.29, 0.717) is 11.7 Å². The van der Waals surface area contributed by atoms with Crippen molar-refractivity contribution in [1.29, 1.82) is 0 Å². The molecule has 29 heavy (non-hydrogen) atoms. The van der Waals surface area contributed by atoms with Gasteiger partial charge in [0.25, 0.3) is 0 Å². The van der Waals surface area contributed by atoms with Crippen LogP contribution >= 0.6 is 11.8 Å². The zero-order valence-electron chi connectivity index (χ0n) is 15.8. The molecule has 1 heterocycles. The van der Waals surface area contributed by atoms with Crippen LogP contribution in [0.3, 0.4) is 0 Å². The molecule has 2 amide bonds. The molecule has 0 radical (unpaired) electrons. The minimum atomic E-state index is -0.453. The fraction of sp³-hybridized carbons (Fsp3) is 0.174. The zero-order valence-corrected chi connectivity index (χ0v) is 16.6. The molecule has 1 aliphatic heterocycles. The first kappa shape index (κ1) is 19.2. The molecular formula is C23H21N3O2S. The van der Waals surface area contributed by atoms with E-state index in [2.05, 4.69) is 27.8 Å². The molecular weight excluding hydrogens is 382 g/mol. The highest BCUT2D eigenvalue weighted by atomic mass is 32.2. The molecule has 4 rings (SSSR count). The Hall–Kier alpha value is -3.12. The van der Waals surface area contributed by atoms with Crippen LogP contribution in [0.4, 0.5) is 5.69 Å². The van der Waals surface area contributed by atoms with E-state index in [0.717, 1.165) is 22.9 Å². The lowest BCUT2D eigenvalue weighted by atomic mass is 10.1. The molecule has 0 aromatic heterocycles. The summed E-state index contributed by atoms with van der Waals surface area (Å²) in [6, 6.07) is 23.8. The maximum Gasteiger partial charge on any atom is 0.240 e. The normalized spacial score (nSPS) is 17.4. The first-order valence-electron chi connectivity index (χ1n) is 9.52. The summed E-state index contributed by atoms with van der Waals surface area (Å²) in [6.07, 6.45) is 0.926. The standard InChI is InChI=1S/C23H21N3O2S/c27-21(25-19-11-10-17-8-4-5-9-18(17)14-19)15-20-22(28)26-23(29-20)24-13-12-16-6-2-1-3-7-16/h1-11,14,20H,12-13,15H2,(H,25,27)(H,24,26,28)/t20-/m1/s1. The largest absolute Gasteiger partial charge is 0.326 e. The van der Waals surface area contributed by atoms with Crippen molar-refractivity contribution < 1.29 is 9.59 Å². The number of carbonyl (C=O) groups excluding carboxylic acids is 2. The predicted molar refractivity (Wildman–Crippen MR) is 119 cm³/mol. The number of nitrogens with zero attached hydrogens (tertiary/aromatic N) is 1.